The van der Waals surface area contributed by atoms with Crippen molar-refractivity contribution in [1.82, 2.24) is 0 Å². The zero-order chi connectivity index (χ0) is 55.0. The van der Waals surface area contributed by atoms with Crippen LogP contribution in [0.3, 0.4) is 0 Å². The predicted octanol–water partition coefficient (Wildman–Crippen LogP) is 21.8. The second-order valence-corrected chi connectivity index (χ2v) is 20.9. The number of carbonyl (C=O) groups excluding carboxylic acids is 3. The number of unbranched alkanes of at least 4 members (excludes halogenated alkanes) is 28. The molecule has 0 spiro atoms. The van der Waals surface area contributed by atoms with E-state index in [9.17, 15) is 14.4 Å². The molecule has 0 rings (SSSR count). The molecule has 0 aliphatic rings. The predicted molar refractivity (Wildman–Crippen MR) is 330 cm³/mol. The number of carbonyl (C=O) groups is 3. The number of hydrogen-bond donors (Lipinski definition) is 0. The minimum atomic E-state index is -0.787. The molecule has 6 nitrogen and oxygen atoms in total. The Morgan fingerprint density at radius 2 is 0.513 bits per heavy atom. The van der Waals surface area contributed by atoms with Gasteiger partial charge in [0.1, 0.15) is 13.2 Å². The van der Waals surface area contributed by atoms with E-state index in [0.717, 1.165) is 128 Å². The summed E-state index contributed by atoms with van der Waals surface area (Å²) in [5.41, 5.74) is 0. The average Bonchev–Trinajstić information content (AvgIpc) is 3.42. The number of esters is 3. The molecular formula is C70H118O6. The van der Waals surface area contributed by atoms with Crippen LogP contribution in [0.1, 0.15) is 297 Å². The van der Waals surface area contributed by atoms with Crippen molar-refractivity contribution in [3.8, 4) is 0 Å². The van der Waals surface area contributed by atoms with Crippen molar-refractivity contribution in [2.75, 3.05) is 13.2 Å². The topological polar surface area (TPSA) is 78.9 Å². The van der Waals surface area contributed by atoms with Crippen molar-refractivity contribution in [3.63, 3.8) is 0 Å². The van der Waals surface area contributed by atoms with Crippen LogP contribution in [0.25, 0.3) is 0 Å². The maximum atomic E-state index is 12.9. The van der Waals surface area contributed by atoms with E-state index in [0.29, 0.717) is 19.3 Å². The van der Waals surface area contributed by atoms with Crippen LogP contribution in [0.5, 0.6) is 0 Å². The third-order valence-electron chi connectivity index (χ3n) is 13.5. The Kier molecular flexibility index (Phi) is 60.3. The Morgan fingerprint density at radius 3 is 0.803 bits per heavy atom. The van der Waals surface area contributed by atoms with Gasteiger partial charge in [-0.15, -0.1) is 0 Å². The van der Waals surface area contributed by atoms with Crippen LogP contribution in [0, 0.1) is 0 Å². The molecule has 0 aromatic heterocycles. The zero-order valence-corrected chi connectivity index (χ0v) is 49.7. The highest BCUT2D eigenvalue weighted by atomic mass is 16.6. The molecule has 0 N–H and O–H groups in total. The van der Waals surface area contributed by atoms with E-state index in [2.05, 4.69) is 130 Å². The molecule has 0 bridgehead atoms. The minimum Gasteiger partial charge on any atom is -0.462 e. The fourth-order valence-corrected chi connectivity index (χ4v) is 8.81. The molecule has 1 atom stereocenters. The summed E-state index contributed by atoms with van der Waals surface area (Å²) in [6.07, 6.45) is 86.6. The van der Waals surface area contributed by atoms with E-state index < -0.39 is 6.10 Å². The summed E-state index contributed by atoms with van der Waals surface area (Å²) >= 11 is 0. The lowest BCUT2D eigenvalue weighted by molar-refractivity contribution is -0.167. The highest BCUT2D eigenvalue weighted by molar-refractivity contribution is 5.71. The summed E-state index contributed by atoms with van der Waals surface area (Å²) in [6, 6.07) is 0. The average molecular weight is 1060 g/mol. The van der Waals surface area contributed by atoms with Gasteiger partial charge in [0.25, 0.3) is 0 Å². The molecule has 0 amide bonds. The fourth-order valence-electron chi connectivity index (χ4n) is 8.81. The van der Waals surface area contributed by atoms with Crippen molar-refractivity contribution in [1.29, 1.82) is 0 Å². The zero-order valence-electron chi connectivity index (χ0n) is 49.7. The molecule has 0 aliphatic heterocycles. The quantitative estimate of drug-likeness (QED) is 0.0261. The Labute approximate surface area is 470 Å². The first-order valence-electron chi connectivity index (χ1n) is 31.9. The van der Waals surface area contributed by atoms with Gasteiger partial charge in [0, 0.05) is 19.3 Å². The van der Waals surface area contributed by atoms with Gasteiger partial charge >= 0.3 is 17.9 Å². The summed E-state index contributed by atoms with van der Waals surface area (Å²) in [5, 5.41) is 0. The van der Waals surface area contributed by atoms with E-state index >= 15 is 0 Å². The van der Waals surface area contributed by atoms with Gasteiger partial charge < -0.3 is 14.2 Å². The molecule has 0 radical (unpaired) electrons. The Balaban J connectivity index is 4.31. The normalized spacial score (nSPS) is 12.8. The molecule has 76 heavy (non-hydrogen) atoms. The second-order valence-electron chi connectivity index (χ2n) is 20.9. The van der Waals surface area contributed by atoms with Gasteiger partial charge in [-0.05, 0) is 103 Å². The van der Waals surface area contributed by atoms with Gasteiger partial charge in [0.2, 0.25) is 0 Å². The molecule has 434 valence electrons. The Morgan fingerprint density at radius 1 is 0.276 bits per heavy atom. The maximum Gasteiger partial charge on any atom is 0.306 e. The number of rotatable bonds is 57. The van der Waals surface area contributed by atoms with Crippen molar-refractivity contribution in [2.45, 2.75) is 303 Å². The van der Waals surface area contributed by atoms with Crippen LogP contribution in [0.15, 0.2) is 109 Å². The SMILES string of the molecule is CC/C=C\C/C=C\C/C=C\C/C=C\C/C=C\CCCCCCCCCCCCCC(=O)OCC(COC(=O)CCCCCCCCCCCCCC)OC(=O)CCCCCCCC/C=C\C/C=C\C/C=C\C/C=C\CC. The van der Waals surface area contributed by atoms with Gasteiger partial charge in [-0.25, -0.2) is 0 Å². The molecule has 1 unspecified atom stereocenters. The largest absolute Gasteiger partial charge is 0.462 e. The molecule has 0 aliphatic carbocycles. The van der Waals surface area contributed by atoms with Crippen LogP contribution < -0.4 is 0 Å². The molecule has 0 aromatic rings. The fraction of sp³-hybridized carbons (Fsp3) is 0.700. The van der Waals surface area contributed by atoms with Crippen molar-refractivity contribution < 1.29 is 28.6 Å². The van der Waals surface area contributed by atoms with E-state index in [1.54, 1.807) is 0 Å². The lowest BCUT2D eigenvalue weighted by atomic mass is 10.0. The van der Waals surface area contributed by atoms with Crippen LogP contribution in [0.2, 0.25) is 0 Å². The van der Waals surface area contributed by atoms with E-state index in [1.807, 2.05) is 0 Å². The van der Waals surface area contributed by atoms with Gasteiger partial charge in [-0.1, -0.05) is 284 Å². The van der Waals surface area contributed by atoms with Crippen molar-refractivity contribution in [3.05, 3.63) is 109 Å². The molecule has 0 heterocycles. The summed E-state index contributed by atoms with van der Waals surface area (Å²) in [6.45, 7) is 6.42. The number of hydrogen-bond acceptors (Lipinski definition) is 6. The third-order valence-corrected chi connectivity index (χ3v) is 13.5. The van der Waals surface area contributed by atoms with Crippen LogP contribution in [-0.2, 0) is 28.6 Å². The third kappa shape index (κ3) is 60.9. The van der Waals surface area contributed by atoms with Gasteiger partial charge in [0.15, 0.2) is 6.10 Å². The molecule has 0 saturated heterocycles. The van der Waals surface area contributed by atoms with Crippen LogP contribution in [-0.4, -0.2) is 37.2 Å². The van der Waals surface area contributed by atoms with Crippen LogP contribution in [0.4, 0.5) is 0 Å². The van der Waals surface area contributed by atoms with Gasteiger partial charge in [-0.3, -0.25) is 14.4 Å². The summed E-state index contributed by atoms with van der Waals surface area (Å²) in [5.74, 6) is -0.892. The molecule has 0 saturated carbocycles. The smallest absolute Gasteiger partial charge is 0.306 e. The van der Waals surface area contributed by atoms with Crippen molar-refractivity contribution in [2.24, 2.45) is 0 Å². The molecular weight excluding hydrogens is 937 g/mol. The summed E-state index contributed by atoms with van der Waals surface area (Å²) in [4.78, 5) is 38.3. The number of allylic oxidation sites excluding steroid dienone is 18. The highest BCUT2D eigenvalue weighted by Gasteiger charge is 2.19. The number of ether oxygens (including phenoxy) is 3. The second kappa shape index (κ2) is 63.6. The molecule has 0 aromatic carbocycles. The van der Waals surface area contributed by atoms with Crippen molar-refractivity contribution >= 4 is 17.9 Å². The molecule has 6 heteroatoms. The Bertz CT molecular complexity index is 1540. The summed E-state index contributed by atoms with van der Waals surface area (Å²) in [7, 11) is 0. The maximum absolute atomic E-state index is 12.9. The van der Waals surface area contributed by atoms with E-state index in [1.165, 1.54) is 128 Å². The first-order chi connectivity index (χ1) is 37.5. The molecule has 0 fully saturated rings. The lowest BCUT2D eigenvalue weighted by Gasteiger charge is -2.18. The van der Waals surface area contributed by atoms with Crippen LogP contribution >= 0.6 is 0 Å². The first-order valence-corrected chi connectivity index (χ1v) is 31.9. The summed E-state index contributed by atoms with van der Waals surface area (Å²) < 4.78 is 16.9. The first kappa shape index (κ1) is 72.1. The van der Waals surface area contributed by atoms with E-state index in [-0.39, 0.29) is 31.1 Å². The minimum absolute atomic E-state index is 0.0828. The standard InChI is InChI=1S/C70H118O6/c1-4-7-10-13-16-19-22-25-27-29-31-32-33-34-35-36-37-38-40-41-43-45-48-51-54-57-60-63-69(72)75-66-67(65-74-68(71)62-59-56-53-50-47-24-21-18-15-12-9-6-3)76-70(73)64-61-58-55-52-49-46-44-42-39-30-28-26-23-20-17-14-11-8-5-2/h7-8,10-11,16-17,19-20,25-28,31-32,34-35,39,42,67H,4-6,9,12-15,18,21-24,29-30,33,36-38,40-41,43-66H2,1-3H3/b10-7-,11-8-,19-16-,20-17-,27-25-,28-26-,32-31-,35-34-,42-39-. The Hall–Kier alpha value is -3.93. The monoisotopic (exact) mass is 1050 g/mol. The highest BCUT2D eigenvalue weighted by Crippen LogP contribution is 2.16. The van der Waals surface area contributed by atoms with Gasteiger partial charge in [0.05, 0.1) is 0 Å². The van der Waals surface area contributed by atoms with E-state index in [4.69, 9.17) is 14.2 Å². The van der Waals surface area contributed by atoms with Gasteiger partial charge in [-0.2, -0.15) is 0 Å². The lowest BCUT2D eigenvalue weighted by Crippen LogP contribution is -2.30.